The molecule has 58 heavy (non-hydrogen) atoms. The molecule has 1 atom stereocenters. The Morgan fingerprint density at radius 3 is 2.64 bits per heavy atom. The molecule has 14 nitrogen and oxygen atoms in total. The molecule has 3 aliphatic heterocycles. The molecule has 1 unspecified atom stereocenters. The number of nitro groups is 1. The summed E-state index contributed by atoms with van der Waals surface area (Å²) >= 11 is 6.27. The number of hydrogen-bond acceptors (Lipinski definition) is 11. The number of amides is 1. The number of likely N-dealkylation sites (tertiary alicyclic amines) is 1. The van der Waals surface area contributed by atoms with Crippen LogP contribution in [0.25, 0.3) is 11.0 Å². The van der Waals surface area contributed by atoms with Crippen molar-refractivity contribution >= 4 is 55.6 Å². The van der Waals surface area contributed by atoms with Gasteiger partial charge in [0.15, 0.2) is 0 Å². The number of rotatable bonds is 11. The van der Waals surface area contributed by atoms with Gasteiger partial charge in [0.05, 0.1) is 21.6 Å². The number of sulfonamides is 1. The molecule has 5 aromatic rings. The third-order valence-electron chi connectivity index (χ3n) is 12.3. The van der Waals surface area contributed by atoms with E-state index in [0.717, 1.165) is 86.9 Å². The lowest BCUT2D eigenvalue weighted by molar-refractivity contribution is -0.384. The molecule has 5 heterocycles. The highest BCUT2D eigenvalue weighted by molar-refractivity contribution is 7.90. The number of nitrogens with zero attached hydrogens (tertiary/aromatic N) is 4. The first-order chi connectivity index (χ1) is 28.0. The Labute approximate surface area is 341 Å². The highest BCUT2D eigenvalue weighted by Crippen LogP contribution is 2.48. The summed E-state index contributed by atoms with van der Waals surface area (Å²) in [6.07, 6.45) is 9.16. The largest absolute Gasteiger partial charge is 0.455 e. The summed E-state index contributed by atoms with van der Waals surface area (Å²) < 4.78 is 41.1. The molecule has 1 amide bonds. The Bertz CT molecular complexity index is 2490. The lowest BCUT2D eigenvalue weighted by atomic mass is 9.71. The molecule has 302 valence electrons. The van der Waals surface area contributed by atoms with Crippen LogP contribution in [0.2, 0.25) is 5.02 Å². The van der Waals surface area contributed by atoms with E-state index < -0.39 is 31.4 Å². The molecule has 2 aromatic heterocycles. The van der Waals surface area contributed by atoms with Crippen LogP contribution in [0.5, 0.6) is 11.5 Å². The van der Waals surface area contributed by atoms with E-state index in [1.165, 1.54) is 29.5 Å². The summed E-state index contributed by atoms with van der Waals surface area (Å²) in [5.41, 5.74) is 4.30. The molecule has 3 N–H and O–H groups in total. The molecular weight excluding hydrogens is 782 g/mol. The molecule has 9 rings (SSSR count). The van der Waals surface area contributed by atoms with E-state index >= 15 is 0 Å². The van der Waals surface area contributed by atoms with E-state index in [2.05, 4.69) is 41.9 Å². The number of nitrogens with one attached hydrogen (secondary N) is 3. The van der Waals surface area contributed by atoms with Gasteiger partial charge in [0.1, 0.15) is 22.8 Å². The van der Waals surface area contributed by atoms with Crippen LogP contribution >= 0.6 is 11.6 Å². The van der Waals surface area contributed by atoms with E-state index in [-0.39, 0.29) is 28.3 Å². The average molecular weight is 826 g/mol. The number of anilines is 2. The van der Waals surface area contributed by atoms with Gasteiger partial charge in [-0.05, 0) is 110 Å². The van der Waals surface area contributed by atoms with Crippen LogP contribution in [0.4, 0.5) is 17.1 Å². The summed E-state index contributed by atoms with van der Waals surface area (Å²) in [4.78, 5) is 37.2. The lowest BCUT2D eigenvalue weighted by Gasteiger charge is -2.56. The standard InChI is InChI=1S/C42H44ClN7O7S/c43-30-2-5-34-28(19-30)1-8-37(34)49-25-42(26-49)12-15-48(16-13-42)31-3-6-35(39(21-31)57-32-20-29-9-14-44-40(29)46-24-32)41(51)47-58(54,55)33-4-7-36(38(22-33)50(52)53)45-23-27-10-17-56-18-11-27/h2-7,9,14,19-22,24,27,37,45H,1,8,10-13,15-18,23,25-26H2,(H,44,46)(H,47,51). The van der Waals surface area contributed by atoms with Crippen LogP contribution < -0.4 is 19.7 Å². The third kappa shape index (κ3) is 7.71. The Balaban J connectivity index is 0.915. The van der Waals surface area contributed by atoms with Gasteiger partial charge in [-0.15, -0.1) is 0 Å². The molecule has 0 saturated carbocycles. The van der Waals surface area contributed by atoms with Crippen molar-refractivity contribution in [1.82, 2.24) is 19.6 Å². The second-order valence-corrected chi connectivity index (χ2v) is 18.1. The van der Waals surface area contributed by atoms with E-state index in [1.807, 2.05) is 12.1 Å². The van der Waals surface area contributed by atoms with Gasteiger partial charge in [-0.2, -0.15) is 0 Å². The number of aryl methyl sites for hydroxylation is 1. The number of ether oxygens (including phenoxy) is 2. The normalized spacial score (nSPS) is 19.5. The Morgan fingerprint density at radius 1 is 1.03 bits per heavy atom. The first-order valence-electron chi connectivity index (χ1n) is 19.7. The van der Waals surface area contributed by atoms with E-state index in [4.69, 9.17) is 21.1 Å². The van der Waals surface area contributed by atoms with Crippen LogP contribution in [0.1, 0.15) is 59.6 Å². The number of nitro benzene ring substituents is 1. The molecule has 0 radical (unpaired) electrons. The second kappa shape index (κ2) is 15.5. The summed E-state index contributed by atoms with van der Waals surface area (Å²) in [5, 5.41) is 16.7. The van der Waals surface area contributed by atoms with Gasteiger partial charge >= 0.3 is 0 Å². The molecular formula is C42H44ClN7O7S. The van der Waals surface area contributed by atoms with Crippen molar-refractivity contribution in [2.75, 3.05) is 56.2 Å². The van der Waals surface area contributed by atoms with Gasteiger partial charge in [0, 0.05) is 86.4 Å². The summed E-state index contributed by atoms with van der Waals surface area (Å²) in [7, 11) is -4.54. The summed E-state index contributed by atoms with van der Waals surface area (Å²) in [6, 6.07) is 19.1. The SMILES string of the molecule is O=C(NS(=O)(=O)c1ccc(NCC2CCOCC2)c([N+](=O)[O-])c1)c1ccc(N2CCC3(CC2)CN(C2CCc4cc(Cl)ccc42)C3)cc1Oc1cnc2[nH]ccc2c1. The zero-order valence-electron chi connectivity index (χ0n) is 31.8. The van der Waals surface area contributed by atoms with Gasteiger partial charge in [0.25, 0.3) is 21.6 Å². The number of piperidine rings is 1. The number of hydrogen-bond donors (Lipinski definition) is 3. The van der Waals surface area contributed by atoms with E-state index in [0.29, 0.717) is 37.2 Å². The molecule has 3 aromatic carbocycles. The monoisotopic (exact) mass is 825 g/mol. The van der Waals surface area contributed by atoms with Gasteiger partial charge in [-0.25, -0.2) is 18.1 Å². The minimum atomic E-state index is -4.54. The van der Waals surface area contributed by atoms with Crippen LogP contribution in [-0.4, -0.2) is 80.1 Å². The quantitative estimate of drug-likeness (QED) is 0.0892. The van der Waals surface area contributed by atoms with Crippen molar-refractivity contribution in [2.45, 2.75) is 49.5 Å². The van der Waals surface area contributed by atoms with Gasteiger partial charge in [0.2, 0.25) is 0 Å². The second-order valence-electron chi connectivity index (χ2n) is 16.0. The van der Waals surface area contributed by atoms with E-state index in [9.17, 15) is 23.3 Å². The number of fused-ring (bicyclic) bond motifs is 2. The van der Waals surface area contributed by atoms with Crippen LogP contribution in [0.15, 0.2) is 84.0 Å². The number of carbonyl (C=O) groups is 1. The summed E-state index contributed by atoms with van der Waals surface area (Å²) in [5.74, 6) is -0.148. The zero-order chi connectivity index (χ0) is 40.0. The molecule has 3 saturated heterocycles. The Hall–Kier alpha value is -5.22. The fourth-order valence-electron chi connectivity index (χ4n) is 9.04. The number of carbonyl (C=O) groups excluding carboxylic acids is 1. The van der Waals surface area contributed by atoms with Crippen LogP contribution in [0, 0.1) is 21.4 Å². The molecule has 1 spiro atoms. The first-order valence-corrected chi connectivity index (χ1v) is 21.6. The summed E-state index contributed by atoms with van der Waals surface area (Å²) in [6.45, 7) is 5.50. The third-order valence-corrected chi connectivity index (χ3v) is 13.9. The lowest BCUT2D eigenvalue weighted by Crippen LogP contribution is -2.60. The van der Waals surface area contributed by atoms with Crippen LogP contribution in [-0.2, 0) is 21.2 Å². The first kappa shape index (κ1) is 38.3. The number of aromatic amines is 1. The van der Waals surface area contributed by atoms with Crippen molar-refractivity contribution in [3.8, 4) is 11.5 Å². The predicted octanol–water partition coefficient (Wildman–Crippen LogP) is 7.46. The van der Waals surface area contributed by atoms with Crippen molar-refractivity contribution in [3.05, 3.63) is 111 Å². The fraction of sp³-hybridized carbons (Fsp3) is 0.381. The van der Waals surface area contributed by atoms with Crippen molar-refractivity contribution in [3.63, 3.8) is 0 Å². The number of pyridine rings is 1. The van der Waals surface area contributed by atoms with Crippen LogP contribution in [0.3, 0.4) is 0 Å². The molecule has 1 aliphatic carbocycles. The molecule has 16 heteroatoms. The van der Waals surface area contributed by atoms with Gasteiger partial charge in [-0.1, -0.05) is 17.7 Å². The van der Waals surface area contributed by atoms with Crippen molar-refractivity contribution in [2.24, 2.45) is 11.3 Å². The van der Waals surface area contributed by atoms with Gasteiger partial charge in [-0.3, -0.25) is 19.8 Å². The average Bonchev–Trinajstić information content (AvgIpc) is 3.86. The maximum absolute atomic E-state index is 13.9. The minimum absolute atomic E-state index is 0.0213. The number of aromatic nitrogens is 2. The minimum Gasteiger partial charge on any atom is -0.455 e. The number of H-pyrrole nitrogens is 1. The fourth-order valence-corrected chi connectivity index (χ4v) is 10.2. The maximum atomic E-state index is 13.9. The molecule has 3 fully saturated rings. The Kier molecular flexibility index (Phi) is 10.2. The maximum Gasteiger partial charge on any atom is 0.293 e. The highest BCUT2D eigenvalue weighted by Gasteiger charge is 2.48. The topological polar surface area (TPSA) is 172 Å². The number of halogens is 1. The predicted molar refractivity (Wildman–Crippen MR) is 220 cm³/mol. The molecule has 4 aliphatic rings. The van der Waals surface area contributed by atoms with Gasteiger partial charge < -0.3 is 24.7 Å². The highest BCUT2D eigenvalue weighted by atomic mass is 35.5. The smallest absolute Gasteiger partial charge is 0.293 e. The number of benzene rings is 3. The van der Waals surface area contributed by atoms with Crippen molar-refractivity contribution < 1.29 is 27.6 Å². The van der Waals surface area contributed by atoms with Crippen molar-refractivity contribution in [1.29, 1.82) is 0 Å². The Morgan fingerprint density at radius 2 is 1.84 bits per heavy atom. The molecule has 0 bridgehead atoms. The zero-order valence-corrected chi connectivity index (χ0v) is 33.4. The van der Waals surface area contributed by atoms with E-state index in [1.54, 1.807) is 30.5 Å².